The molecule has 6 nitrogen and oxygen atoms in total. The molecule has 0 aliphatic carbocycles. The van der Waals surface area contributed by atoms with Crippen LogP contribution in [0.4, 0.5) is 17.1 Å². The van der Waals surface area contributed by atoms with Crippen LogP contribution in [0.3, 0.4) is 0 Å². The number of nitrogens with two attached hydrogens (primary N) is 1. The molecule has 2 rings (SSSR count). The van der Waals surface area contributed by atoms with Gasteiger partial charge in [-0.1, -0.05) is 0 Å². The number of hydrogen-bond acceptors (Lipinski definition) is 5. The zero-order chi connectivity index (χ0) is 15.9. The summed E-state index contributed by atoms with van der Waals surface area (Å²) in [6.45, 7) is 0. The first-order chi connectivity index (χ1) is 10.5. The van der Waals surface area contributed by atoms with E-state index in [-0.39, 0.29) is 11.6 Å². The summed E-state index contributed by atoms with van der Waals surface area (Å²) in [7, 11) is 0. The molecule has 0 radical (unpaired) electrons. The molecule has 2 aromatic carbocycles. The monoisotopic (exact) mass is 317 g/mol. The van der Waals surface area contributed by atoms with Crippen LogP contribution in [0.15, 0.2) is 53.4 Å². The van der Waals surface area contributed by atoms with Gasteiger partial charge in [-0.2, -0.15) is 0 Å². The Morgan fingerprint density at radius 3 is 2.36 bits per heavy atom. The van der Waals surface area contributed by atoms with Crippen molar-refractivity contribution in [1.29, 1.82) is 0 Å². The van der Waals surface area contributed by atoms with Gasteiger partial charge in [0.25, 0.3) is 5.69 Å². The van der Waals surface area contributed by atoms with E-state index in [1.807, 2.05) is 24.3 Å². The third kappa shape index (κ3) is 4.78. The number of nitrogen functional groups attached to an aromatic ring is 1. The number of amides is 1. The molecule has 0 atom stereocenters. The molecule has 0 saturated carbocycles. The summed E-state index contributed by atoms with van der Waals surface area (Å²) in [5.74, 6) is 0.514. The predicted molar refractivity (Wildman–Crippen MR) is 87.9 cm³/mol. The lowest BCUT2D eigenvalue weighted by Gasteiger charge is -2.05. The molecule has 0 aliphatic heterocycles. The molecule has 7 heteroatoms. The Bertz CT molecular complexity index is 657. The molecule has 0 aliphatic rings. The number of carbonyl (C=O) groups is 1. The van der Waals surface area contributed by atoms with E-state index >= 15 is 0 Å². The lowest BCUT2D eigenvalue weighted by Crippen LogP contribution is -2.12. The maximum atomic E-state index is 11.8. The van der Waals surface area contributed by atoms with E-state index < -0.39 is 4.92 Å². The Kier molecular flexibility index (Phi) is 5.37. The van der Waals surface area contributed by atoms with Gasteiger partial charge in [0.05, 0.1) is 4.92 Å². The fraction of sp³-hybridized carbons (Fsp3) is 0.133. The van der Waals surface area contributed by atoms with Gasteiger partial charge < -0.3 is 11.1 Å². The molecule has 22 heavy (non-hydrogen) atoms. The zero-order valence-corrected chi connectivity index (χ0v) is 12.5. The summed E-state index contributed by atoms with van der Waals surface area (Å²) >= 11 is 1.57. The molecule has 0 spiro atoms. The van der Waals surface area contributed by atoms with E-state index in [1.54, 1.807) is 11.8 Å². The van der Waals surface area contributed by atoms with E-state index in [0.717, 1.165) is 4.90 Å². The largest absolute Gasteiger partial charge is 0.399 e. The highest BCUT2D eigenvalue weighted by Crippen LogP contribution is 2.20. The maximum absolute atomic E-state index is 11.8. The lowest BCUT2D eigenvalue weighted by molar-refractivity contribution is -0.384. The van der Waals surface area contributed by atoms with Gasteiger partial charge in [0.1, 0.15) is 0 Å². The van der Waals surface area contributed by atoms with Crippen LogP contribution in [-0.4, -0.2) is 16.6 Å². The van der Waals surface area contributed by atoms with Crippen molar-refractivity contribution >= 4 is 34.7 Å². The summed E-state index contributed by atoms with van der Waals surface area (Å²) in [4.78, 5) is 22.9. The fourth-order valence-electron chi connectivity index (χ4n) is 1.72. The SMILES string of the molecule is Nc1ccc(SCCC(=O)Nc2ccc([N+](=O)[O-])cc2)cc1. The van der Waals surface area contributed by atoms with Crippen molar-refractivity contribution < 1.29 is 9.72 Å². The van der Waals surface area contributed by atoms with Crippen LogP contribution in [0.2, 0.25) is 0 Å². The molecule has 0 saturated heterocycles. The van der Waals surface area contributed by atoms with E-state index in [9.17, 15) is 14.9 Å². The molecule has 0 heterocycles. The van der Waals surface area contributed by atoms with Crippen molar-refractivity contribution in [3.05, 3.63) is 58.6 Å². The summed E-state index contributed by atoms with van der Waals surface area (Å²) in [5, 5.41) is 13.2. The number of carbonyl (C=O) groups excluding carboxylic acids is 1. The predicted octanol–water partition coefficient (Wildman–Crippen LogP) is 3.30. The Hall–Kier alpha value is -2.54. The van der Waals surface area contributed by atoms with Crippen molar-refractivity contribution in [3.8, 4) is 0 Å². The van der Waals surface area contributed by atoms with Gasteiger partial charge in [0.15, 0.2) is 0 Å². The first-order valence-corrected chi connectivity index (χ1v) is 7.56. The van der Waals surface area contributed by atoms with Gasteiger partial charge in [0, 0.05) is 40.6 Å². The Morgan fingerprint density at radius 1 is 1.14 bits per heavy atom. The van der Waals surface area contributed by atoms with Gasteiger partial charge in [-0.25, -0.2) is 0 Å². The van der Waals surface area contributed by atoms with Gasteiger partial charge in [-0.15, -0.1) is 11.8 Å². The fourth-order valence-corrected chi connectivity index (χ4v) is 2.57. The van der Waals surface area contributed by atoms with E-state index in [4.69, 9.17) is 5.73 Å². The molecule has 2 aromatic rings. The molecular formula is C15H15N3O3S. The van der Waals surface area contributed by atoms with Crippen molar-refractivity contribution in [2.24, 2.45) is 0 Å². The summed E-state index contributed by atoms with van der Waals surface area (Å²) < 4.78 is 0. The Labute approximate surface area is 131 Å². The first-order valence-electron chi connectivity index (χ1n) is 6.57. The number of anilines is 2. The van der Waals surface area contributed by atoms with Crippen LogP contribution < -0.4 is 11.1 Å². The number of nitrogens with zero attached hydrogens (tertiary/aromatic N) is 1. The van der Waals surface area contributed by atoms with Gasteiger partial charge in [-0.05, 0) is 36.4 Å². The van der Waals surface area contributed by atoms with Crippen molar-refractivity contribution in [1.82, 2.24) is 0 Å². The summed E-state index contributed by atoms with van der Waals surface area (Å²) in [6, 6.07) is 13.2. The van der Waals surface area contributed by atoms with E-state index in [2.05, 4.69) is 5.32 Å². The van der Waals surface area contributed by atoms with Crippen LogP contribution in [-0.2, 0) is 4.79 Å². The third-order valence-electron chi connectivity index (χ3n) is 2.84. The quantitative estimate of drug-likeness (QED) is 0.368. The number of benzene rings is 2. The molecule has 114 valence electrons. The second kappa shape index (κ2) is 7.46. The number of non-ortho nitro benzene ring substituents is 1. The number of hydrogen-bond donors (Lipinski definition) is 2. The normalized spacial score (nSPS) is 10.2. The smallest absolute Gasteiger partial charge is 0.269 e. The minimum Gasteiger partial charge on any atom is -0.399 e. The Morgan fingerprint density at radius 2 is 1.77 bits per heavy atom. The van der Waals surface area contributed by atoms with Gasteiger partial charge in [0.2, 0.25) is 5.91 Å². The van der Waals surface area contributed by atoms with Crippen molar-refractivity contribution in [3.63, 3.8) is 0 Å². The number of thioether (sulfide) groups is 1. The standard InChI is InChI=1S/C15H15N3O3S/c16-11-1-7-14(8-2-11)22-10-9-15(19)17-12-3-5-13(6-4-12)18(20)21/h1-8H,9-10,16H2,(H,17,19). The zero-order valence-electron chi connectivity index (χ0n) is 11.7. The first kappa shape index (κ1) is 15.8. The molecule has 3 N–H and O–H groups in total. The number of rotatable bonds is 6. The number of nitro groups is 1. The van der Waals surface area contributed by atoms with E-state index in [0.29, 0.717) is 23.5 Å². The molecular weight excluding hydrogens is 302 g/mol. The molecule has 0 unspecified atom stereocenters. The average Bonchev–Trinajstić information content (AvgIpc) is 2.50. The molecule has 0 fully saturated rings. The van der Waals surface area contributed by atoms with Crippen molar-refractivity contribution in [2.75, 3.05) is 16.8 Å². The van der Waals surface area contributed by atoms with Crippen LogP contribution in [0.25, 0.3) is 0 Å². The van der Waals surface area contributed by atoms with Crippen LogP contribution in [0.1, 0.15) is 6.42 Å². The number of nitro benzene ring substituents is 1. The highest BCUT2D eigenvalue weighted by Gasteiger charge is 2.06. The van der Waals surface area contributed by atoms with Gasteiger partial charge in [-0.3, -0.25) is 14.9 Å². The maximum Gasteiger partial charge on any atom is 0.269 e. The van der Waals surface area contributed by atoms with E-state index in [1.165, 1.54) is 24.3 Å². The molecule has 1 amide bonds. The molecule has 0 bridgehead atoms. The highest BCUT2D eigenvalue weighted by molar-refractivity contribution is 7.99. The highest BCUT2D eigenvalue weighted by atomic mass is 32.2. The summed E-state index contributed by atoms with van der Waals surface area (Å²) in [6.07, 6.45) is 0.353. The second-order valence-corrected chi connectivity index (χ2v) is 5.69. The van der Waals surface area contributed by atoms with Crippen LogP contribution >= 0.6 is 11.8 Å². The Balaban J connectivity index is 1.77. The van der Waals surface area contributed by atoms with Gasteiger partial charge >= 0.3 is 0 Å². The second-order valence-electron chi connectivity index (χ2n) is 4.52. The van der Waals surface area contributed by atoms with Crippen LogP contribution in [0, 0.1) is 10.1 Å². The summed E-state index contributed by atoms with van der Waals surface area (Å²) in [5.41, 5.74) is 6.86. The van der Waals surface area contributed by atoms with Crippen LogP contribution in [0.5, 0.6) is 0 Å². The average molecular weight is 317 g/mol. The molecule has 0 aromatic heterocycles. The third-order valence-corrected chi connectivity index (χ3v) is 3.85. The lowest BCUT2D eigenvalue weighted by atomic mass is 10.3. The minimum atomic E-state index is -0.477. The minimum absolute atomic E-state index is 0.00287. The topological polar surface area (TPSA) is 98.3 Å². The number of nitrogens with one attached hydrogen (secondary N) is 1. The van der Waals surface area contributed by atoms with Crippen molar-refractivity contribution in [2.45, 2.75) is 11.3 Å².